The van der Waals surface area contributed by atoms with Gasteiger partial charge in [0.15, 0.2) is 0 Å². The molecule has 2 amide bonds. The fourth-order valence-electron chi connectivity index (χ4n) is 6.24. The van der Waals surface area contributed by atoms with E-state index in [0.717, 1.165) is 42.6 Å². The van der Waals surface area contributed by atoms with Crippen molar-refractivity contribution < 1.29 is 9.59 Å². The summed E-state index contributed by atoms with van der Waals surface area (Å²) < 4.78 is 0. The smallest absolute Gasteiger partial charge is 0.259 e. The predicted molar refractivity (Wildman–Crippen MR) is 95.6 cm³/mol. The Morgan fingerprint density at radius 2 is 1.64 bits per heavy atom. The summed E-state index contributed by atoms with van der Waals surface area (Å²) in [6.07, 6.45) is 7.43. The lowest BCUT2D eigenvalue weighted by atomic mass is 9.53. The van der Waals surface area contributed by atoms with E-state index in [1.807, 2.05) is 18.2 Å². The Kier molecular flexibility index (Phi) is 3.16. The molecule has 4 aliphatic carbocycles. The van der Waals surface area contributed by atoms with Crippen molar-refractivity contribution in [2.45, 2.75) is 44.1 Å². The summed E-state index contributed by atoms with van der Waals surface area (Å²) in [4.78, 5) is 26.9. The number of nitrogens with zero attached hydrogens (tertiary/aromatic N) is 1. The fourth-order valence-corrected chi connectivity index (χ4v) is 6.24. The number of nitrogens with one attached hydrogen (secondary N) is 1. The predicted octanol–water partition coefficient (Wildman–Crippen LogP) is 3.20. The van der Waals surface area contributed by atoms with Crippen molar-refractivity contribution in [3.05, 3.63) is 42.0 Å². The van der Waals surface area contributed by atoms with Crippen LogP contribution in [0.25, 0.3) is 5.70 Å². The molecule has 4 nitrogen and oxygen atoms in total. The van der Waals surface area contributed by atoms with Crippen LogP contribution in [0.2, 0.25) is 0 Å². The quantitative estimate of drug-likeness (QED) is 0.921. The molecule has 4 heteroatoms. The van der Waals surface area contributed by atoms with Crippen LogP contribution >= 0.6 is 0 Å². The molecule has 1 aliphatic heterocycles. The van der Waals surface area contributed by atoms with Crippen LogP contribution in [0.5, 0.6) is 0 Å². The van der Waals surface area contributed by atoms with Crippen molar-refractivity contribution in [3.8, 4) is 0 Å². The Labute approximate surface area is 148 Å². The van der Waals surface area contributed by atoms with E-state index in [4.69, 9.17) is 0 Å². The number of carbonyl (C=O) groups is 2. The van der Waals surface area contributed by atoms with E-state index in [9.17, 15) is 9.59 Å². The second-order valence-electron chi connectivity index (χ2n) is 8.63. The van der Waals surface area contributed by atoms with Gasteiger partial charge in [0, 0.05) is 22.4 Å². The summed E-state index contributed by atoms with van der Waals surface area (Å²) in [5.74, 6) is 2.23. The maximum absolute atomic E-state index is 12.8. The van der Waals surface area contributed by atoms with Crippen molar-refractivity contribution >= 4 is 17.5 Å². The van der Waals surface area contributed by atoms with Gasteiger partial charge in [-0.2, -0.15) is 0 Å². The molecule has 4 bridgehead atoms. The van der Waals surface area contributed by atoms with Gasteiger partial charge in [0.25, 0.3) is 5.91 Å². The largest absolute Gasteiger partial charge is 0.349 e. The highest BCUT2D eigenvalue weighted by Crippen LogP contribution is 2.55. The molecule has 0 spiro atoms. The van der Waals surface area contributed by atoms with Gasteiger partial charge in [-0.05, 0) is 62.3 Å². The molecule has 1 aromatic carbocycles. The third-order valence-electron chi connectivity index (χ3n) is 6.78. The Balaban J connectivity index is 1.31. The molecule has 4 fully saturated rings. The molecule has 130 valence electrons. The van der Waals surface area contributed by atoms with Crippen LogP contribution in [0.15, 0.2) is 30.8 Å². The monoisotopic (exact) mass is 336 g/mol. The third-order valence-corrected chi connectivity index (χ3v) is 6.78. The zero-order chi connectivity index (χ0) is 17.2. The van der Waals surface area contributed by atoms with Gasteiger partial charge in [-0.15, -0.1) is 0 Å². The molecule has 1 aromatic rings. The standard InChI is InChI=1S/C21H24N2O2/c1-13-17-4-2-3-5-18(17)20(25)23(13)12-19(24)22-21-9-14-6-15(10-21)8-16(7-14)11-21/h2-5,14-16H,1,6-12H2,(H,22,24). The maximum atomic E-state index is 12.8. The molecule has 0 unspecified atom stereocenters. The molecule has 1 N–H and O–H groups in total. The lowest BCUT2D eigenvalue weighted by Crippen LogP contribution is -2.60. The average molecular weight is 336 g/mol. The van der Waals surface area contributed by atoms with Crippen molar-refractivity contribution in [2.24, 2.45) is 17.8 Å². The number of carbonyl (C=O) groups excluding carboxylic acids is 2. The van der Waals surface area contributed by atoms with Crippen LogP contribution in [0.4, 0.5) is 0 Å². The van der Waals surface area contributed by atoms with Crippen molar-refractivity contribution in [3.63, 3.8) is 0 Å². The van der Waals surface area contributed by atoms with Crippen molar-refractivity contribution in [1.29, 1.82) is 0 Å². The van der Waals surface area contributed by atoms with Gasteiger partial charge in [0.05, 0.1) is 0 Å². The Morgan fingerprint density at radius 3 is 2.20 bits per heavy atom. The van der Waals surface area contributed by atoms with Crippen LogP contribution < -0.4 is 5.32 Å². The summed E-state index contributed by atoms with van der Waals surface area (Å²) in [5.41, 5.74) is 2.12. The number of rotatable bonds is 3. The Hall–Kier alpha value is -2.10. The molecule has 1 heterocycles. The highest BCUT2D eigenvalue weighted by molar-refractivity contribution is 6.10. The van der Waals surface area contributed by atoms with E-state index in [-0.39, 0.29) is 23.9 Å². The number of hydrogen-bond acceptors (Lipinski definition) is 2. The Morgan fingerprint density at radius 1 is 1.08 bits per heavy atom. The van der Waals surface area contributed by atoms with Gasteiger partial charge in [0.2, 0.25) is 5.91 Å². The average Bonchev–Trinajstić information content (AvgIpc) is 2.78. The molecular formula is C21H24N2O2. The van der Waals surface area contributed by atoms with E-state index in [1.165, 1.54) is 24.2 Å². The molecule has 5 aliphatic rings. The first-order valence-electron chi connectivity index (χ1n) is 9.44. The van der Waals surface area contributed by atoms with Gasteiger partial charge in [-0.1, -0.05) is 24.8 Å². The molecule has 0 atom stereocenters. The molecule has 0 aromatic heterocycles. The number of hydrogen-bond donors (Lipinski definition) is 1. The summed E-state index contributed by atoms with van der Waals surface area (Å²) in [7, 11) is 0. The van der Waals surface area contributed by atoms with Gasteiger partial charge < -0.3 is 5.32 Å². The summed E-state index contributed by atoms with van der Waals surface area (Å²) in [6, 6.07) is 7.45. The van der Waals surface area contributed by atoms with Gasteiger partial charge in [0.1, 0.15) is 6.54 Å². The fraction of sp³-hybridized carbons (Fsp3) is 0.524. The summed E-state index contributed by atoms with van der Waals surface area (Å²) >= 11 is 0. The van der Waals surface area contributed by atoms with E-state index in [2.05, 4.69) is 11.9 Å². The van der Waals surface area contributed by atoms with Crippen LogP contribution in [0.3, 0.4) is 0 Å². The first kappa shape index (κ1) is 15.2. The molecular weight excluding hydrogens is 312 g/mol. The minimum Gasteiger partial charge on any atom is -0.349 e. The Bertz CT molecular complexity index is 712. The molecule has 0 saturated heterocycles. The third kappa shape index (κ3) is 2.34. The number of fused-ring (bicyclic) bond motifs is 1. The SMILES string of the molecule is C=C1c2ccccc2C(=O)N1CC(=O)NC12CC3CC(CC(C3)C1)C2. The minimum absolute atomic E-state index is 0.0111. The van der Waals surface area contributed by atoms with Gasteiger partial charge in [-0.3, -0.25) is 14.5 Å². The highest BCUT2D eigenvalue weighted by Gasteiger charge is 2.51. The highest BCUT2D eigenvalue weighted by atomic mass is 16.2. The second kappa shape index (κ2) is 5.20. The van der Waals surface area contributed by atoms with E-state index >= 15 is 0 Å². The molecule has 25 heavy (non-hydrogen) atoms. The van der Waals surface area contributed by atoms with Gasteiger partial charge >= 0.3 is 0 Å². The van der Waals surface area contributed by atoms with E-state index < -0.39 is 0 Å². The van der Waals surface area contributed by atoms with Crippen LogP contribution in [-0.2, 0) is 4.79 Å². The van der Waals surface area contributed by atoms with E-state index in [1.54, 1.807) is 6.07 Å². The molecule has 6 rings (SSSR count). The normalized spacial score (nSPS) is 35.2. The van der Waals surface area contributed by atoms with Crippen LogP contribution in [0.1, 0.15) is 54.4 Å². The van der Waals surface area contributed by atoms with Crippen LogP contribution in [0, 0.1) is 17.8 Å². The second-order valence-corrected chi connectivity index (χ2v) is 8.63. The maximum Gasteiger partial charge on any atom is 0.259 e. The summed E-state index contributed by atoms with van der Waals surface area (Å²) in [5, 5.41) is 3.35. The van der Waals surface area contributed by atoms with E-state index in [0.29, 0.717) is 11.3 Å². The molecule has 4 saturated carbocycles. The van der Waals surface area contributed by atoms with Crippen molar-refractivity contribution in [2.75, 3.05) is 6.54 Å². The number of amides is 2. The van der Waals surface area contributed by atoms with Crippen LogP contribution in [-0.4, -0.2) is 28.8 Å². The first-order valence-corrected chi connectivity index (χ1v) is 9.44. The topological polar surface area (TPSA) is 49.4 Å². The lowest BCUT2D eigenvalue weighted by Gasteiger charge is -2.57. The lowest BCUT2D eigenvalue weighted by molar-refractivity contribution is -0.127. The van der Waals surface area contributed by atoms with Gasteiger partial charge in [-0.25, -0.2) is 0 Å². The summed E-state index contributed by atoms with van der Waals surface area (Å²) in [6.45, 7) is 4.11. The minimum atomic E-state index is -0.110. The zero-order valence-electron chi connectivity index (χ0n) is 14.5. The first-order chi connectivity index (χ1) is 12.0. The van der Waals surface area contributed by atoms with Crippen molar-refractivity contribution in [1.82, 2.24) is 10.2 Å². The zero-order valence-corrected chi connectivity index (χ0v) is 14.5. The molecule has 0 radical (unpaired) electrons. The number of benzene rings is 1.